The lowest BCUT2D eigenvalue weighted by Crippen LogP contribution is -2.14. The lowest BCUT2D eigenvalue weighted by atomic mass is 10.0. The first kappa shape index (κ1) is 19.4. The van der Waals surface area contributed by atoms with E-state index in [1.54, 1.807) is 6.20 Å². The molecule has 0 saturated carbocycles. The highest BCUT2D eigenvalue weighted by Crippen LogP contribution is 2.21. The van der Waals surface area contributed by atoms with Gasteiger partial charge < -0.3 is 14.6 Å². The Morgan fingerprint density at radius 2 is 2.07 bits per heavy atom. The van der Waals surface area contributed by atoms with Gasteiger partial charge in [-0.05, 0) is 23.6 Å². The molecule has 0 aliphatic rings. The molecule has 9 heteroatoms. The largest absolute Gasteiger partial charge is 0.486 e. The zero-order valence-electron chi connectivity index (χ0n) is 15.4. The third kappa shape index (κ3) is 5.30. The van der Waals surface area contributed by atoms with Gasteiger partial charge in [0.1, 0.15) is 12.4 Å². The Morgan fingerprint density at radius 3 is 2.74 bits per heavy atom. The summed E-state index contributed by atoms with van der Waals surface area (Å²) >= 11 is 2.71. The number of thioether (sulfide) groups is 1. The molecule has 2 heterocycles. The highest BCUT2D eigenvalue weighted by atomic mass is 32.2. The van der Waals surface area contributed by atoms with Gasteiger partial charge in [-0.15, -0.1) is 21.5 Å². The first-order valence-electron chi connectivity index (χ1n) is 8.46. The van der Waals surface area contributed by atoms with Gasteiger partial charge in [0.05, 0.1) is 5.75 Å². The smallest absolute Gasteiger partial charge is 0.236 e. The van der Waals surface area contributed by atoms with Gasteiger partial charge in [-0.3, -0.25) is 4.79 Å². The summed E-state index contributed by atoms with van der Waals surface area (Å²) < 4.78 is 7.64. The molecule has 0 aliphatic heterocycles. The second-order valence-corrected chi connectivity index (χ2v) is 7.98. The average molecular weight is 404 g/mol. The van der Waals surface area contributed by atoms with E-state index in [0.717, 1.165) is 5.75 Å². The third-order valence-electron chi connectivity index (χ3n) is 3.85. The molecule has 142 valence electrons. The molecule has 1 aromatic carbocycles. The fraction of sp³-hybridized carbons (Fsp3) is 0.333. The van der Waals surface area contributed by atoms with E-state index in [4.69, 9.17) is 4.74 Å². The molecule has 27 heavy (non-hydrogen) atoms. The molecule has 0 aliphatic carbocycles. The number of rotatable bonds is 8. The number of carbonyl (C=O) groups is 1. The number of nitrogens with zero attached hydrogens (tertiary/aromatic N) is 4. The average Bonchev–Trinajstić information content (AvgIpc) is 3.28. The topological polar surface area (TPSA) is 81.9 Å². The van der Waals surface area contributed by atoms with Crippen LogP contribution in [-0.4, -0.2) is 31.4 Å². The van der Waals surface area contributed by atoms with Crippen LogP contribution in [0, 0.1) is 0 Å². The number of aromatic nitrogens is 4. The molecular formula is C18H21N5O2S2. The Kier molecular flexibility index (Phi) is 6.46. The van der Waals surface area contributed by atoms with Crippen molar-refractivity contribution in [1.82, 2.24) is 19.7 Å². The summed E-state index contributed by atoms with van der Waals surface area (Å²) in [4.78, 5) is 16.0. The SMILES string of the molecule is CC(C)c1ccc(OCc2nnc(SCC(=O)Nc3nccs3)n2C)cc1. The van der Waals surface area contributed by atoms with Crippen molar-refractivity contribution in [1.29, 1.82) is 0 Å². The number of anilines is 1. The molecule has 0 spiro atoms. The van der Waals surface area contributed by atoms with Gasteiger partial charge in [-0.2, -0.15) is 0 Å². The Morgan fingerprint density at radius 1 is 1.30 bits per heavy atom. The first-order valence-corrected chi connectivity index (χ1v) is 10.3. The normalized spacial score (nSPS) is 11.0. The molecule has 0 fully saturated rings. The number of hydrogen-bond acceptors (Lipinski definition) is 7. The van der Waals surface area contributed by atoms with Crippen molar-refractivity contribution in [3.63, 3.8) is 0 Å². The molecular weight excluding hydrogens is 382 g/mol. The van der Waals surface area contributed by atoms with E-state index in [-0.39, 0.29) is 11.7 Å². The summed E-state index contributed by atoms with van der Waals surface area (Å²) in [5.74, 6) is 2.10. The van der Waals surface area contributed by atoms with Crippen LogP contribution in [0.3, 0.4) is 0 Å². The van der Waals surface area contributed by atoms with Crippen molar-refractivity contribution in [3.8, 4) is 5.75 Å². The summed E-state index contributed by atoms with van der Waals surface area (Å²) in [6.45, 7) is 4.63. The molecule has 1 amide bonds. The zero-order valence-corrected chi connectivity index (χ0v) is 17.0. The van der Waals surface area contributed by atoms with Gasteiger partial charge in [0.25, 0.3) is 0 Å². The van der Waals surface area contributed by atoms with E-state index in [9.17, 15) is 4.79 Å². The molecule has 0 bridgehead atoms. The van der Waals surface area contributed by atoms with Crippen LogP contribution in [0.1, 0.15) is 31.2 Å². The van der Waals surface area contributed by atoms with Crippen LogP contribution in [0.5, 0.6) is 5.75 Å². The quantitative estimate of drug-likeness (QED) is 0.578. The van der Waals surface area contributed by atoms with Crippen molar-refractivity contribution < 1.29 is 9.53 Å². The van der Waals surface area contributed by atoms with Gasteiger partial charge in [0.2, 0.25) is 5.91 Å². The van der Waals surface area contributed by atoms with Crippen molar-refractivity contribution in [2.24, 2.45) is 7.05 Å². The zero-order chi connectivity index (χ0) is 19.2. The van der Waals surface area contributed by atoms with E-state index in [1.807, 2.05) is 29.1 Å². The fourth-order valence-electron chi connectivity index (χ4n) is 2.26. The minimum Gasteiger partial charge on any atom is -0.486 e. The van der Waals surface area contributed by atoms with Crippen LogP contribution in [0.4, 0.5) is 5.13 Å². The first-order chi connectivity index (χ1) is 13.0. The van der Waals surface area contributed by atoms with E-state index in [2.05, 4.69) is 46.5 Å². The van der Waals surface area contributed by atoms with Gasteiger partial charge >= 0.3 is 0 Å². The van der Waals surface area contributed by atoms with Crippen molar-refractivity contribution in [3.05, 3.63) is 47.2 Å². The molecule has 0 atom stereocenters. The van der Waals surface area contributed by atoms with E-state index < -0.39 is 0 Å². The van der Waals surface area contributed by atoms with Crippen molar-refractivity contribution in [2.45, 2.75) is 31.5 Å². The third-order valence-corrected chi connectivity index (χ3v) is 5.56. The molecule has 0 radical (unpaired) electrons. The molecule has 2 aromatic heterocycles. The molecule has 7 nitrogen and oxygen atoms in total. The standard InChI is InChI=1S/C18H21N5O2S2/c1-12(2)13-4-6-14(7-5-13)25-10-15-21-22-18(23(15)3)27-11-16(24)20-17-19-8-9-26-17/h4-9,12H,10-11H2,1-3H3,(H,19,20,24). The molecule has 1 N–H and O–H groups in total. The van der Waals surface area contributed by atoms with Crippen LogP contribution in [-0.2, 0) is 18.4 Å². The number of thiazole rings is 1. The van der Waals surface area contributed by atoms with E-state index in [0.29, 0.717) is 28.6 Å². The van der Waals surface area contributed by atoms with Crippen LogP contribution in [0.2, 0.25) is 0 Å². The lowest BCUT2D eigenvalue weighted by molar-refractivity contribution is -0.113. The minimum atomic E-state index is -0.124. The van der Waals surface area contributed by atoms with Crippen LogP contribution in [0.15, 0.2) is 41.0 Å². The summed E-state index contributed by atoms with van der Waals surface area (Å²) in [6.07, 6.45) is 1.65. The predicted octanol–water partition coefficient (Wildman–Crippen LogP) is 3.70. The Labute approximate surface area is 166 Å². The fourth-order valence-corrected chi connectivity index (χ4v) is 3.54. The second kappa shape index (κ2) is 9.01. The maximum absolute atomic E-state index is 11.9. The highest BCUT2D eigenvalue weighted by molar-refractivity contribution is 7.99. The number of ether oxygens (including phenoxy) is 1. The molecule has 0 saturated heterocycles. The Balaban J connectivity index is 1.51. The van der Waals surface area contributed by atoms with Gasteiger partial charge in [0, 0.05) is 18.6 Å². The van der Waals surface area contributed by atoms with Crippen LogP contribution >= 0.6 is 23.1 Å². The second-order valence-electron chi connectivity index (χ2n) is 6.14. The maximum atomic E-state index is 11.9. The maximum Gasteiger partial charge on any atom is 0.236 e. The molecule has 0 unspecified atom stereocenters. The molecule has 3 aromatic rings. The summed E-state index contributed by atoms with van der Waals surface area (Å²) in [5, 5.41) is 14.1. The Hall–Kier alpha value is -2.39. The molecule has 3 rings (SSSR count). The van der Waals surface area contributed by atoms with Gasteiger partial charge in [-0.25, -0.2) is 4.98 Å². The van der Waals surface area contributed by atoms with E-state index in [1.165, 1.54) is 28.7 Å². The van der Waals surface area contributed by atoms with Crippen molar-refractivity contribution in [2.75, 3.05) is 11.1 Å². The number of carbonyl (C=O) groups excluding carboxylic acids is 1. The van der Waals surface area contributed by atoms with Gasteiger partial charge in [0.15, 0.2) is 16.1 Å². The van der Waals surface area contributed by atoms with E-state index >= 15 is 0 Å². The number of amides is 1. The number of nitrogens with one attached hydrogen (secondary N) is 1. The predicted molar refractivity (Wildman–Crippen MR) is 107 cm³/mol. The highest BCUT2D eigenvalue weighted by Gasteiger charge is 2.13. The minimum absolute atomic E-state index is 0.124. The monoisotopic (exact) mass is 403 g/mol. The van der Waals surface area contributed by atoms with Gasteiger partial charge in [-0.1, -0.05) is 37.7 Å². The van der Waals surface area contributed by atoms with Crippen LogP contribution in [0.25, 0.3) is 0 Å². The Bertz CT molecular complexity index is 876. The number of benzene rings is 1. The van der Waals surface area contributed by atoms with Crippen molar-refractivity contribution >= 4 is 34.1 Å². The summed E-state index contributed by atoms with van der Waals surface area (Å²) in [5.41, 5.74) is 1.27. The summed E-state index contributed by atoms with van der Waals surface area (Å²) in [6, 6.07) is 8.06. The number of hydrogen-bond donors (Lipinski definition) is 1. The lowest BCUT2D eigenvalue weighted by Gasteiger charge is -2.09. The summed E-state index contributed by atoms with van der Waals surface area (Å²) in [7, 11) is 1.86. The van der Waals surface area contributed by atoms with Crippen LogP contribution < -0.4 is 10.1 Å².